The molecule has 322 valence electrons. The second-order valence-corrected chi connectivity index (χ2v) is 16.8. The van der Waals surface area contributed by atoms with Crippen molar-refractivity contribution in [2.24, 2.45) is 0 Å². The van der Waals surface area contributed by atoms with Crippen molar-refractivity contribution in [3.8, 4) is 113 Å². The lowest BCUT2D eigenvalue weighted by atomic mass is 9.90. The Labute approximate surface area is 396 Å². The molecule has 0 fully saturated rings. The number of hydrogen-bond donors (Lipinski definition) is 0. The third kappa shape index (κ3) is 8.62. The van der Waals surface area contributed by atoms with Crippen molar-refractivity contribution in [3.63, 3.8) is 0 Å². The van der Waals surface area contributed by atoms with Crippen molar-refractivity contribution < 1.29 is 0 Å². The van der Waals surface area contributed by atoms with Gasteiger partial charge >= 0.3 is 0 Å². The monoisotopic (exact) mass is 872 g/mol. The topological polar surface area (TPSA) is 77.3 Å². The molecule has 0 bridgehead atoms. The molecule has 0 aliphatic carbocycles. The molecule has 0 atom stereocenters. The first-order chi connectivity index (χ1) is 33.5. The normalized spacial score (nSPS) is 11.1. The Morgan fingerprint density at radius 2 is 0.647 bits per heavy atom. The summed E-state index contributed by atoms with van der Waals surface area (Å²) >= 11 is 0. The van der Waals surface area contributed by atoms with Gasteiger partial charge in [0.25, 0.3) is 0 Å². The highest BCUT2D eigenvalue weighted by Crippen LogP contribution is 2.40. The first-order valence-corrected chi connectivity index (χ1v) is 22.8. The number of aromatic nitrogens is 6. The molecule has 11 rings (SSSR count). The van der Waals surface area contributed by atoms with Crippen LogP contribution in [0.2, 0.25) is 0 Å². The molecular formula is C62H44N6. The molecule has 6 heteroatoms. The number of hydrogen-bond acceptors (Lipinski definition) is 6. The molecule has 3 heterocycles. The van der Waals surface area contributed by atoms with Crippen LogP contribution in [0.15, 0.2) is 231 Å². The van der Waals surface area contributed by atoms with Crippen LogP contribution in [0.25, 0.3) is 113 Å². The lowest BCUT2D eigenvalue weighted by Crippen LogP contribution is -2.00. The predicted molar refractivity (Wildman–Crippen MR) is 277 cm³/mol. The predicted octanol–water partition coefficient (Wildman–Crippen LogP) is 15.3. The van der Waals surface area contributed by atoms with Crippen molar-refractivity contribution in [2.45, 2.75) is 13.8 Å². The molecule has 11 aromatic rings. The summed E-state index contributed by atoms with van der Waals surface area (Å²) in [4.78, 5) is 30.7. The molecule has 0 saturated heterocycles. The first-order valence-electron chi connectivity index (χ1n) is 22.8. The van der Waals surface area contributed by atoms with Crippen LogP contribution in [0.1, 0.15) is 11.4 Å². The van der Waals surface area contributed by atoms with Crippen molar-refractivity contribution >= 4 is 0 Å². The molecule has 0 saturated carbocycles. The van der Waals surface area contributed by atoms with Crippen LogP contribution in [-0.2, 0) is 0 Å². The molecule has 8 aromatic carbocycles. The average molecular weight is 873 g/mol. The second kappa shape index (κ2) is 18.5. The van der Waals surface area contributed by atoms with Gasteiger partial charge < -0.3 is 0 Å². The molecule has 68 heavy (non-hydrogen) atoms. The fraction of sp³-hybridized carbons (Fsp3) is 0.0323. The summed E-state index contributed by atoms with van der Waals surface area (Å²) < 4.78 is 0. The summed E-state index contributed by atoms with van der Waals surface area (Å²) in [6.07, 6.45) is 0. The van der Waals surface area contributed by atoms with Gasteiger partial charge in [0, 0.05) is 50.3 Å². The van der Waals surface area contributed by atoms with Gasteiger partial charge in [-0.2, -0.15) is 0 Å². The van der Waals surface area contributed by atoms with Crippen LogP contribution in [0, 0.1) is 13.8 Å². The van der Waals surface area contributed by atoms with E-state index >= 15 is 0 Å². The molecule has 0 unspecified atom stereocenters. The maximum Gasteiger partial charge on any atom is 0.164 e. The number of rotatable bonds is 10. The van der Waals surface area contributed by atoms with Crippen molar-refractivity contribution in [1.29, 1.82) is 0 Å². The van der Waals surface area contributed by atoms with Gasteiger partial charge in [0.1, 0.15) is 0 Å². The Hall–Kier alpha value is -9.00. The van der Waals surface area contributed by atoms with E-state index in [2.05, 4.69) is 165 Å². The second-order valence-electron chi connectivity index (χ2n) is 16.8. The average Bonchev–Trinajstić information content (AvgIpc) is 3.41. The zero-order valence-electron chi connectivity index (χ0n) is 37.6. The minimum atomic E-state index is 0.600. The molecule has 0 amide bonds. The summed E-state index contributed by atoms with van der Waals surface area (Å²) in [5.41, 5.74) is 17.8. The van der Waals surface area contributed by atoms with Gasteiger partial charge in [0.2, 0.25) is 0 Å². The Kier molecular flexibility index (Phi) is 11.3. The minimum Gasteiger partial charge on any atom is -0.258 e. The molecule has 0 aliphatic heterocycles. The summed E-state index contributed by atoms with van der Waals surface area (Å²) in [6.45, 7) is 4.12. The van der Waals surface area contributed by atoms with Crippen LogP contribution in [0.3, 0.4) is 0 Å². The maximum absolute atomic E-state index is 5.42. The van der Waals surface area contributed by atoms with E-state index in [9.17, 15) is 0 Å². The van der Waals surface area contributed by atoms with Crippen molar-refractivity contribution in [3.05, 3.63) is 242 Å². The number of nitrogens with zero attached hydrogens (tertiary/aromatic N) is 6. The lowest BCUT2D eigenvalue weighted by Gasteiger charge is -2.17. The van der Waals surface area contributed by atoms with E-state index in [0.29, 0.717) is 23.3 Å². The Bertz CT molecular complexity index is 3520. The van der Waals surface area contributed by atoms with Crippen LogP contribution in [0.4, 0.5) is 0 Å². The van der Waals surface area contributed by atoms with E-state index in [1.165, 1.54) is 0 Å². The van der Waals surface area contributed by atoms with Gasteiger partial charge in [0.15, 0.2) is 23.3 Å². The van der Waals surface area contributed by atoms with Gasteiger partial charge in [-0.3, -0.25) is 4.98 Å². The zero-order chi connectivity index (χ0) is 45.8. The number of benzene rings is 8. The largest absolute Gasteiger partial charge is 0.258 e. The summed E-state index contributed by atoms with van der Waals surface area (Å²) in [7, 11) is 0. The van der Waals surface area contributed by atoms with Gasteiger partial charge in [-0.1, -0.05) is 194 Å². The molecule has 0 spiro atoms. The van der Waals surface area contributed by atoms with E-state index in [-0.39, 0.29) is 0 Å². The molecule has 0 aliphatic rings. The Morgan fingerprint density at radius 1 is 0.221 bits per heavy atom. The van der Waals surface area contributed by atoms with Crippen LogP contribution >= 0.6 is 0 Å². The SMILES string of the molecule is Cc1ccc(-c2cc(-c3cccc(-c4nc(-c5ccccc5)nc(-c5ccccc5)n4)c3)cc(-c3ccccc3-c3cc(-c4ccccc4)nc(-c4ccccc4-c4ccccc4)n3)c2)c(C)n1. The van der Waals surface area contributed by atoms with Crippen LogP contribution < -0.4 is 0 Å². The fourth-order valence-electron chi connectivity index (χ4n) is 8.84. The molecule has 3 aromatic heterocycles. The van der Waals surface area contributed by atoms with E-state index < -0.39 is 0 Å². The van der Waals surface area contributed by atoms with E-state index in [1.54, 1.807) is 0 Å². The van der Waals surface area contributed by atoms with Gasteiger partial charge in [-0.25, -0.2) is 24.9 Å². The van der Waals surface area contributed by atoms with E-state index in [4.69, 9.17) is 29.9 Å². The van der Waals surface area contributed by atoms with Gasteiger partial charge in [-0.05, 0) is 89.2 Å². The third-order valence-corrected chi connectivity index (χ3v) is 12.2. The summed E-state index contributed by atoms with van der Waals surface area (Å²) in [5, 5.41) is 0. The van der Waals surface area contributed by atoms with Gasteiger partial charge in [0.05, 0.1) is 11.4 Å². The highest BCUT2D eigenvalue weighted by Gasteiger charge is 2.19. The highest BCUT2D eigenvalue weighted by atomic mass is 15.0. The first kappa shape index (κ1) is 41.7. The highest BCUT2D eigenvalue weighted by molar-refractivity contribution is 5.90. The zero-order valence-corrected chi connectivity index (χ0v) is 37.6. The maximum atomic E-state index is 5.42. The van der Waals surface area contributed by atoms with E-state index in [0.717, 1.165) is 101 Å². The fourth-order valence-corrected chi connectivity index (χ4v) is 8.84. The van der Waals surface area contributed by atoms with Crippen LogP contribution in [-0.4, -0.2) is 29.9 Å². The number of aryl methyl sites for hydroxylation is 2. The molecule has 0 N–H and O–H groups in total. The minimum absolute atomic E-state index is 0.600. The Morgan fingerprint density at radius 3 is 1.25 bits per heavy atom. The third-order valence-electron chi connectivity index (χ3n) is 12.2. The van der Waals surface area contributed by atoms with Crippen LogP contribution in [0.5, 0.6) is 0 Å². The smallest absolute Gasteiger partial charge is 0.164 e. The molecule has 0 radical (unpaired) electrons. The Balaban J connectivity index is 1.08. The lowest BCUT2D eigenvalue weighted by molar-refractivity contribution is 1.07. The van der Waals surface area contributed by atoms with Crippen molar-refractivity contribution in [1.82, 2.24) is 29.9 Å². The van der Waals surface area contributed by atoms with Gasteiger partial charge in [-0.15, -0.1) is 0 Å². The van der Waals surface area contributed by atoms with E-state index in [1.807, 2.05) is 79.7 Å². The number of pyridine rings is 1. The summed E-state index contributed by atoms with van der Waals surface area (Å²) in [6, 6.07) is 79.6. The van der Waals surface area contributed by atoms with Crippen molar-refractivity contribution in [2.75, 3.05) is 0 Å². The quantitative estimate of drug-likeness (QED) is 0.136. The molecule has 6 nitrogen and oxygen atoms in total. The molecular weight excluding hydrogens is 829 g/mol. The standard InChI is InChI=1S/C62H44N6/c1-41-34-35-52(42(2)63-41)50-37-49(47-28-19-29-48(36-47)61-67-59(45-24-11-5-12-25-45)66-60(68-61)46-26-13-6-14-27-46)38-51(39-50)54-31-15-17-32-55(54)58-40-57(44-22-9-4-10-23-44)64-62(65-58)56-33-18-16-30-53(56)43-20-7-3-8-21-43/h3-40H,1-2H3. The summed E-state index contributed by atoms with van der Waals surface area (Å²) in [5.74, 6) is 2.50.